The van der Waals surface area contributed by atoms with Crippen LogP contribution >= 0.6 is 12.4 Å². The highest BCUT2D eigenvalue weighted by atomic mass is 35.5. The molecule has 2 aromatic carbocycles. The maximum atomic E-state index is 13.0. The minimum Gasteiger partial charge on any atom is -0.507 e. The Bertz CT molecular complexity index is 951. The molecule has 0 aliphatic carbocycles. The monoisotopic (exact) mass is 403 g/mol. The molecule has 0 amide bonds. The Hall–Kier alpha value is -3.46. The molecule has 0 radical (unpaired) electrons. The Balaban J connectivity index is 0.00000280. The lowest BCUT2D eigenvalue weighted by Crippen LogP contribution is -2.15. The number of rotatable bonds is 6. The third-order valence-corrected chi connectivity index (χ3v) is 3.43. The predicted octanol–water partition coefficient (Wildman–Crippen LogP) is 3.39. The first-order valence-corrected chi connectivity index (χ1v) is 8.04. The van der Waals surface area contributed by atoms with Gasteiger partial charge in [-0.15, -0.1) is 12.4 Å². The van der Waals surface area contributed by atoms with Crippen molar-refractivity contribution in [3.8, 4) is 5.75 Å². The van der Waals surface area contributed by atoms with Gasteiger partial charge in [0.2, 0.25) is 17.8 Å². The van der Waals surface area contributed by atoms with Crippen molar-refractivity contribution in [1.82, 2.24) is 15.0 Å². The topological polar surface area (TPSA) is 98.6 Å². The van der Waals surface area contributed by atoms with Crippen molar-refractivity contribution in [3.05, 3.63) is 59.9 Å². The van der Waals surface area contributed by atoms with Crippen LogP contribution in [0.2, 0.25) is 0 Å². The molecule has 0 saturated carbocycles. The Morgan fingerprint density at radius 1 is 1.00 bits per heavy atom. The van der Waals surface area contributed by atoms with Crippen molar-refractivity contribution in [2.45, 2.75) is 0 Å². The molecule has 28 heavy (non-hydrogen) atoms. The van der Waals surface area contributed by atoms with Gasteiger partial charge in [-0.1, -0.05) is 12.1 Å². The van der Waals surface area contributed by atoms with Crippen molar-refractivity contribution < 1.29 is 9.50 Å². The SMILES string of the molecule is CN(C)c1nc(NN=Cc2ccccc2O)nc(Nc2ccc(F)cc2)n1.Cl. The van der Waals surface area contributed by atoms with Gasteiger partial charge in [0.25, 0.3) is 0 Å². The number of hydrogen-bond donors (Lipinski definition) is 3. The third kappa shape index (κ3) is 5.52. The first kappa shape index (κ1) is 20.8. The van der Waals surface area contributed by atoms with Crippen LogP contribution in [0.25, 0.3) is 0 Å². The molecular formula is C18H19ClFN7O. The number of nitrogens with one attached hydrogen (secondary N) is 2. The van der Waals surface area contributed by atoms with Crippen LogP contribution in [0, 0.1) is 5.82 Å². The largest absolute Gasteiger partial charge is 0.507 e. The van der Waals surface area contributed by atoms with Gasteiger partial charge in [0.05, 0.1) is 6.21 Å². The normalized spacial score (nSPS) is 10.4. The maximum Gasteiger partial charge on any atom is 0.250 e. The van der Waals surface area contributed by atoms with Crippen molar-refractivity contribution in [3.63, 3.8) is 0 Å². The van der Waals surface area contributed by atoms with Crippen molar-refractivity contribution in [2.75, 3.05) is 29.7 Å². The lowest BCUT2D eigenvalue weighted by Gasteiger charge is -2.13. The number of aromatic hydroxyl groups is 1. The van der Waals surface area contributed by atoms with Gasteiger partial charge in [0.15, 0.2) is 0 Å². The fourth-order valence-electron chi connectivity index (χ4n) is 2.09. The van der Waals surface area contributed by atoms with Crippen molar-refractivity contribution >= 4 is 42.2 Å². The molecule has 0 aliphatic heterocycles. The molecule has 1 aromatic heterocycles. The Morgan fingerprint density at radius 3 is 2.36 bits per heavy atom. The zero-order valence-electron chi connectivity index (χ0n) is 15.2. The van der Waals surface area contributed by atoms with E-state index in [4.69, 9.17) is 0 Å². The minimum atomic E-state index is -0.328. The summed E-state index contributed by atoms with van der Waals surface area (Å²) in [5.74, 6) is 0.692. The summed E-state index contributed by atoms with van der Waals surface area (Å²) in [7, 11) is 3.60. The molecule has 3 aromatic rings. The van der Waals surface area contributed by atoms with Gasteiger partial charge < -0.3 is 15.3 Å². The molecule has 0 unspecified atom stereocenters. The highest BCUT2D eigenvalue weighted by molar-refractivity contribution is 5.85. The summed E-state index contributed by atoms with van der Waals surface area (Å²) in [4.78, 5) is 14.5. The number of anilines is 4. The zero-order valence-corrected chi connectivity index (χ0v) is 16.0. The van der Waals surface area contributed by atoms with Gasteiger partial charge >= 0.3 is 0 Å². The van der Waals surface area contributed by atoms with E-state index in [1.807, 2.05) is 0 Å². The Labute approximate surface area is 167 Å². The summed E-state index contributed by atoms with van der Waals surface area (Å²) < 4.78 is 13.0. The summed E-state index contributed by atoms with van der Waals surface area (Å²) in [6.45, 7) is 0. The van der Waals surface area contributed by atoms with E-state index in [0.29, 0.717) is 17.2 Å². The van der Waals surface area contributed by atoms with E-state index in [1.54, 1.807) is 55.4 Å². The zero-order chi connectivity index (χ0) is 19.2. The second-order valence-electron chi connectivity index (χ2n) is 5.74. The maximum absolute atomic E-state index is 13.0. The summed E-state index contributed by atoms with van der Waals surface area (Å²) in [6.07, 6.45) is 1.46. The standard InChI is InChI=1S/C18H18FN7O.ClH/c1-26(2)18-23-16(21-14-9-7-13(19)8-10-14)22-17(24-18)25-20-11-12-5-3-4-6-15(12)27;/h3-11,27H,1-2H3,(H2,21,22,23,24,25);1H. The molecule has 10 heteroatoms. The van der Waals surface area contributed by atoms with Gasteiger partial charge in [-0.3, -0.25) is 0 Å². The number of phenolic OH excluding ortho intramolecular Hbond substituents is 1. The summed E-state index contributed by atoms with van der Waals surface area (Å²) >= 11 is 0. The number of phenols is 1. The predicted molar refractivity (Wildman–Crippen MR) is 110 cm³/mol. The molecule has 8 nitrogen and oxygen atoms in total. The van der Waals surface area contributed by atoms with Crippen molar-refractivity contribution in [2.24, 2.45) is 5.10 Å². The van der Waals surface area contributed by atoms with Gasteiger partial charge in [-0.05, 0) is 36.4 Å². The molecule has 3 N–H and O–H groups in total. The summed E-state index contributed by atoms with van der Waals surface area (Å²) in [5, 5.41) is 16.8. The smallest absolute Gasteiger partial charge is 0.250 e. The molecule has 0 saturated heterocycles. The fraction of sp³-hybridized carbons (Fsp3) is 0.111. The summed E-state index contributed by atoms with van der Waals surface area (Å²) in [6, 6.07) is 12.6. The number of halogens is 2. The van der Waals surface area contributed by atoms with E-state index in [2.05, 4.69) is 30.8 Å². The third-order valence-electron chi connectivity index (χ3n) is 3.43. The van der Waals surface area contributed by atoms with Crippen LogP contribution in [0.15, 0.2) is 53.6 Å². The lowest BCUT2D eigenvalue weighted by molar-refractivity contribution is 0.474. The highest BCUT2D eigenvalue weighted by Gasteiger charge is 2.08. The minimum absolute atomic E-state index is 0. The molecule has 1 heterocycles. The second kappa shape index (κ2) is 9.47. The molecule has 0 fully saturated rings. The quantitative estimate of drug-likeness (QED) is 0.428. The lowest BCUT2D eigenvalue weighted by atomic mass is 10.2. The van der Waals surface area contributed by atoms with E-state index in [9.17, 15) is 9.50 Å². The number of hydrazone groups is 1. The first-order chi connectivity index (χ1) is 13.0. The number of nitrogens with zero attached hydrogens (tertiary/aromatic N) is 5. The molecule has 0 bridgehead atoms. The second-order valence-corrected chi connectivity index (χ2v) is 5.74. The van der Waals surface area contributed by atoms with Crippen LogP contribution in [0.4, 0.5) is 27.9 Å². The fourth-order valence-corrected chi connectivity index (χ4v) is 2.09. The Kier molecular flexibility index (Phi) is 7.05. The molecular weight excluding hydrogens is 385 g/mol. The number of hydrogen-bond acceptors (Lipinski definition) is 8. The summed E-state index contributed by atoms with van der Waals surface area (Å²) in [5.41, 5.74) is 3.91. The van der Waals surface area contributed by atoms with Gasteiger partial charge in [0, 0.05) is 25.3 Å². The van der Waals surface area contributed by atoms with Crippen molar-refractivity contribution in [1.29, 1.82) is 0 Å². The van der Waals surface area contributed by atoms with E-state index in [0.717, 1.165) is 0 Å². The molecule has 0 aliphatic rings. The Morgan fingerprint density at radius 2 is 1.68 bits per heavy atom. The average Bonchev–Trinajstić information content (AvgIpc) is 2.65. The van der Waals surface area contributed by atoms with E-state index < -0.39 is 0 Å². The van der Waals surface area contributed by atoms with E-state index >= 15 is 0 Å². The molecule has 3 rings (SSSR count). The average molecular weight is 404 g/mol. The number of para-hydroxylation sites is 1. The molecule has 0 atom stereocenters. The first-order valence-electron chi connectivity index (χ1n) is 8.04. The van der Waals surface area contributed by atoms with Crippen LogP contribution in [-0.2, 0) is 0 Å². The van der Waals surface area contributed by atoms with Gasteiger partial charge in [-0.2, -0.15) is 20.1 Å². The van der Waals surface area contributed by atoms with E-state index in [-0.39, 0.29) is 35.9 Å². The molecule has 0 spiro atoms. The van der Waals surface area contributed by atoms with Crippen LogP contribution in [0.3, 0.4) is 0 Å². The number of aromatic nitrogens is 3. The van der Waals surface area contributed by atoms with Gasteiger partial charge in [-0.25, -0.2) is 9.82 Å². The van der Waals surface area contributed by atoms with Gasteiger partial charge in [0.1, 0.15) is 11.6 Å². The van der Waals surface area contributed by atoms with E-state index in [1.165, 1.54) is 18.3 Å². The van der Waals surface area contributed by atoms with Crippen LogP contribution in [0.1, 0.15) is 5.56 Å². The number of benzene rings is 2. The van der Waals surface area contributed by atoms with Crippen LogP contribution in [-0.4, -0.2) is 40.4 Å². The molecule has 146 valence electrons. The van der Waals surface area contributed by atoms with Crippen LogP contribution < -0.4 is 15.6 Å². The van der Waals surface area contributed by atoms with Crippen LogP contribution in [0.5, 0.6) is 5.75 Å². The highest BCUT2D eigenvalue weighted by Crippen LogP contribution is 2.17.